The summed E-state index contributed by atoms with van der Waals surface area (Å²) < 4.78 is 0. The Labute approximate surface area is 129 Å². The molecule has 2 rings (SSSR count). The SMILES string of the molecule is O=C(c1sccc1C#CCCO)N1CCCC1CCCO. The van der Waals surface area contributed by atoms with Crippen molar-refractivity contribution in [1.29, 1.82) is 0 Å². The van der Waals surface area contributed by atoms with Crippen LogP contribution >= 0.6 is 11.3 Å². The van der Waals surface area contributed by atoms with E-state index in [0.29, 0.717) is 11.3 Å². The highest BCUT2D eigenvalue weighted by molar-refractivity contribution is 7.12. The van der Waals surface area contributed by atoms with Gasteiger partial charge < -0.3 is 15.1 Å². The van der Waals surface area contributed by atoms with E-state index in [1.807, 2.05) is 16.3 Å². The smallest absolute Gasteiger partial charge is 0.265 e. The zero-order chi connectivity index (χ0) is 15.1. The molecule has 1 aromatic heterocycles. The molecule has 1 aliphatic heterocycles. The van der Waals surface area contributed by atoms with Gasteiger partial charge in [-0.2, -0.15) is 0 Å². The lowest BCUT2D eigenvalue weighted by Gasteiger charge is -2.24. The highest BCUT2D eigenvalue weighted by atomic mass is 32.1. The fourth-order valence-corrected chi connectivity index (χ4v) is 3.45. The molecule has 5 heteroatoms. The van der Waals surface area contributed by atoms with Gasteiger partial charge in [-0.15, -0.1) is 11.3 Å². The summed E-state index contributed by atoms with van der Waals surface area (Å²) in [6, 6.07) is 2.10. The first-order chi connectivity index (χ1) is 10.3. The van der Waals surface area contributed by atoms with E-state index in [4.69, 9.17) is 10.2 Å². The monoisotopic (exact) mass is 307 g/mol. The van der Waals surface area contributed by atoms with E-state index >= 15 is 0 Å². The van der Waals surface area contributed by atoms with Crippen LogP contribution in [0.1, 0.15) is 47.3 Å². The van der Waals surface area contributed by atoms with Crippen LogP contribution in [0.25, 0.3) is 0 Å². The van der Waals surface area contributed by atoms with Crippen molar-refractivity contribution in [3.05, 3.63) is 21.9 Å². The molecule has 0 bridgehead atoms. The number of thiophene rings is 1. The van der Waals surface area contributed by atoms with Crippen molar-refractivity contribution in [2.45, 2.75) is 38.1 Å². The molecule has 1 unspecified atom stereocenters. The Morgan fingerprint density at radius 3 is 3.05 bits per heavy atom. The average Bonchev–Trinajstić information content (AvgIpc) is 3.13. The van der Waals surface area contributed by atoms with Crippen molar-refractivity contribution in [2.75, 3.05) is 19.8 Å². The van der Waals surface area contributed by atoms with Crippen molar-refractivity contribution < 1.29 is 15.0 Å². The number of nitrogens with zero attached hydrogens (tertiary/aromatic N) is 1. The van der Waals surface area contributed by atoms with Crippen molar-refractivity contribution in [1.82, 2.24) is 4.90 Å². The summed E-state index contributed by atoms with van der Waals surface area (Å²) in [6.45, 7) is 1.00. The van der Waals surface area contributed by atoms with E-state index in [0.717, 1.165) is 37.8 Å². The molecule has 114 valence electrons. The molecule has 1 aromatic rings. The van der Waals surface area contributed by atoms with E-state index in [1.165, 1.54) is 11.3 Å². The molecule has 4 nitrogen and oxygen atoms in total. The Bertz CT molecular complexity index is 529. The first-order valence-electron chi connectivity index (χ1n) is 7.37. The minimum absolute atomic E-state index is 0.0375. The largest absolute Gasteiger partial charge is 0.396 e. The molecule has 1 amide bonds. The Morgan fingerprint density at radius 2 is 2.29 bits per heavy atom. The van der Waals surface area contributed by atoms with Gasteiger partial charge in [-0.3, -0.25) is 4.79 Å². The fourth-order valence-electron chi connectivity index (χ4n) is 2.65. The Morgan fingerprint density at radius 1 is 1.43 bits per heavy atom. The summed E-state index contributed by atoms with van der Waals surface area (Å²) in [6.07, 6.45) is 4.06. The first-order valence-corrected chi connectivity index (χ1v) is 8.25. The summed E-state index contributed by atoms with van der Waals surface area (Å²) in [7, 11) is 0. The highest BCUT2D eigenvalue weighted by Gasteiger charge is 2.30. The van der Waals surface area contributed by atoms with E-state index in [2.05, 4.69) is 11.8 Å². The van der Waals surface area contributed by atoms with Gasteiger partial charge in [0.2, 0.25) is 0 Å². The van der Waals surface area contributed by atoms with Crippen LogP contribution in [0.2, 0.25) is 0 Å². The van der Waals surface area contributed by atoms with Gasteiger partial charge in [-0.25, -0.2) is 0 Å². The van der Waals surface area contributed by atoms with Crippen LogP contribution in [0.15, 0.2) is 11.4 Å². The minimum atomic E-state index is 0.0375. The maximum absolute atomic E-state index is 12.7. The molecule has 21 heavy (non-hydrogen) atoms. The van der Waals surface area contributed by atoms with Crippen LogP contribution in [0, 0.1) is 11.8 Å². The predicted octanol–water partition coefficient (Wildman–Crippen LogP) is 1.86. The van der Waals surface area contributed by atoms with Gasteiger partial charge in [0, 0.05) is 31.2 Å². The first kappa shape index (κ1) is 16.0. The van der Waals surface area contributed by atoms with E-state index < -0.39 is 0 Å². The van der Waals surface area contributed by atoms with Gasteiger partial charge >= 0.3 is 0 Å². The van der Waals surface area contributed by atoms with Crippen molar-refractivity contribution in [2.24, 2.45) is 0 Å². The van der Waals surface area contributed by atoms with Gasteiger partial charge in [0.1, 0.15) is 4.88 Å². The second kappa shape index (κ2) is 8.18. The minimum Gasteiger partial charge on any atom is -0.396 e. The topological polar surface area (TPSA) is 60.8 Å². The van der Waals surface area contributed by atoms with Crippen LogP contribution in [0.5, 0.6) is 0 Å². The molecule has 1 atom stereocenters. The van der Waals surface area contributed by atoms with E-state index in [1.54, 1.807) is 0 Å². The van der Waals surface area contributed by atoms with E-state index in [9.17, 15) is 4.79 Å². The van der Waals surface area contributed by atoms with E-state index in [-0.39, 0.29) is 25.2 Å². The summed E-state index contributed by atoms with van der Waals surface area (Å²) >= 11 is 1.42. The third-order valence-corrected chi connectivity index (χ3v) is 4.56. The molecule has 0 aromatic carbocycles. The summed E-state index contributed by atoms with van der Waals surface area (Å²) in [4.78, 5) is 15.3. The number of hydrogen-bond donors (Lipinski definition) is 2. The lowest BCUT2D eigenvalue weighted by atomic mass is 10.1. The number of carbonyl (C=O) groups excluding carboxylic acids is 1. The molecular weight excluding hydrogens is 286 g/mol. The standard InChI is InChI=1S/C16H21NO3S/c18-10-2-1-5-13-8-12-21-15(13)16(20)17-9-3-6-14(17)7-4-11-19/h8,12,14,18-19H,2-4,6-7,9-11H2. The summed E-state index contributed by atoms with van der Waals surface area (Å²) in [5.41, 5.74) is 0.756. The summed E-state index contributed by atoms with van der Waals surface area (Å²) in [5.74, 6) is 5.90. The van der Waals surface area contributed by atoms with Crippen molar-refractivity contribution in [3.8, 4) is 11.8 Å². The number of carbonyl (C=O) groups is 1. The van der Waals surface area contributed by atoms with Crippen LogP contribution in [-0.4, -0.2) is 46.8 Å². The second-order valence-corrected chi connectivity index (χ2v) is 6.02. The number of likely N-dealkylation sites (tertiary alicyclic amines) is 1. The normalized spacial score (nSPS) is 17.6. The molecule has 1 saturated heterocycles. The van der Waals surface area contributed by atoms with Crippen molar-refractivity contribution in [3.63, 3.8) is 0 Å². The third-order valence-electron chi connectivity index (χ3n) is 3.65. The molecular formula is C16H21NO3S. The maximum atomic E-state index is 12.7. The third kappa shape index (κ3) is 4.07. The maximum Gasteiger partial charge on any atom is 0.265 e. The Balaban J connectivity index is 2.09. The van der Waals surface area contributed by atoms with Gasteiger partial charge in [-0.05, 0) is 37.1 Å². The molecule has 1 fully saturated rings. The second-order valence-electron chi connectivity index (χ2n) is 5.10. The van der Waals surface area contributed by atoms with Crippen LogP contribution in [0.4, 0.5) is 0 Å². The quantitative estimate of drug-likeness (QED) is 0.816. The Hall–Kier alpha value is -1.35. The van der Waals surface area contributed by atoms with Gasteiger partial charge in [0.25, 0.3) is 5.91 Å². The number of hydrogen-bond acceptors (Lipinski definition) is 4. The van der Waals surface area contributed by atoms with Crippen LogP contribution in [0.3, 0.4) is 0 Å². The molecule has 2 heterocycles. The zero-order valence-corrected chi connectivity index (χ0v) is 12.9. The molecule has 0 spiro atoms. The Kier molecular flexibility index (Phi) is 6.24. The number of rotatable bonds is 5. The average molecular weight is 307 g/mol. The highest BCUT2D eigenvalue weighted by Crippen LogP contribution is 2.26. The van der Waals surface area contributed by atoms with Crippen LogP contribution in [-0.2, 0) is 0 Å². The fraction of sp³-hybridized carbons (Fsp3) is 0.562. The van der Waals surface area contributed by atoms with Crippen molar-refractivity contribution >= 4 is 17.2 Å². The molecule has 0 aliphatic carbocycles. The molecule has 1 aliphatic rings. The lowest BCUT2D eigenvalue weighted by Crippen LogP contribution is -2.35. The zero-order valence-electron chi connectivity index (χ0n) is 12.0. The van der Waals surface area contributed by atoms with Gasteiger partial charge in [-0.1, -0.05) is 11.8 Å². The van der Waals surface area contributed by atoms with Gasteiger partial charge in [0.05, 0.1) is 6.61 Å². The number of aliphatic hydroxyl groups excluding tert-OH is 2. The predicted molar refractivity (Wildman–Crippen MR) is 83.3 cm³/mol. The number of aliphatic hydroxyl groups is 2. The molecule has 0 saturated carbocycles. The molecule has 2 N–H and O–H groups in total. The molecule has 0 radical (unpaired) electrons. The number of amides is 1. The van der Waals surface area contributed by atoms with Crippen LogP contribution < -0.4 is 0 Å². The summed E-state index contributed by atoms with van der Waals surface area (Å²) in [5, 5.41) is 19.6. The lowest BCUT2D eigenvalue weighted by molar-refractivity contribution is 0.0729. The van der Waals surface area contributed by atoms with Gasteiger partial charge in [0.15, 0.2) is 0 Å².